The second-order valence-electron chi connectivity index (χ2n) is 6.30. The lowest BCUT2D eigenvalue weighted by Gasteiger charge is -2.30. The van der Waals surface area contributed by atoms with E-state index in [1.54, 1.807) is 11.3 Å². The molecule has 23 heavy (non-hydrogen) atoms. The summed E-state index contributed by atoms with van der Waals surface area (Å²) in [6, 6.07) is 11.4. The Balaban J connectivity index is 1.47. The lowest BCUT2D eigenvalue weighted by atomic mass is 10.1. The fraction of sp³-hybridized carbons (Fsp3) is 0.412. The molecule has 0 atom stereocenters. The van der Waals surface area contributed by atoms with Crippen molar-refractivity contribution in [3.63, 3.8) is 0 Å². The molecule has 2 bridgehead atoms. The van der Waals surface area contributed by atoms with Gasteiger partial charge in [0.2, 0.25) is 5.13 Å². The van der Waals surface area contributed by atoms with Crippen molar-refractivity contribution >= 4 is 37.9 Å². The quantitative estimate of drug-likeness (QED) is 0.711. The molecule has 6 heteroatoms. The van der Waals surface area contributed by atoms with Gasteiger partial charge in [-0.05, 0) is 30.4 Å². The maximum Gasteiger partial charge on any atom is 0.208 e. The van der Waals surface area contributed by atoms with Crippen LogP contribution in [0.4, 0.5) is 5.13 Å². The highest BCUT2D eigenvalue weighted by atomic mass is 32.1. The Morgan fingerprint density at radius 1 is 0.957 bits per heavy atom. The van der Waals surface area contributed by atoms with Crippen LogP contribution in [0.3, 0.4) is 0 Å². The zero-order valence-electron chi connectivity index (χ0n) is 12.8. The molecule has 6 rings (SSSR count). The fourth-order valence-electron chi connectivity index (χ4n) is 3.66. The second kappa shape index (κ2) is 5.54. The van der Waals surface area contributed by atoms with E-state index in [1.165, 1.54) is 40.9 Å². The first-order chi connectivity index (χ1) is 11.4. The zero-order valence-corrected chi connectivity index (χ0v) is 14.4. The molecule has 0 unspecified atom stereocenters. The molecular formula is C17H18N4S2. The van der Waals surface area contributed by atoms with Gasteiger partial charge in [-0.2, -0.15) is 0 Å². The Hall–Kier alpha value is -1.50. The maximum atomic E-state index is 4.53. The largest absolute Gasteiger partial charge is 0.342 e. The van der Waals surface area contributed by atoms with E-state index < -0.39 is 0 Å². The molecule has 0 aliphatic carbocycles. The molecule has 3 fully saturated rings. The number of anilines is 1. The van der Waals surface area contributed by atoms with Gasteiger partial charge in [0.05, 0.1) is 4.88 Å². The summed E-state index contributed by atoms with van der Waals surface area (Å²) >= 11 is 3.56. The number of fused-ring (bicyclic) bond motifs is 5. The Bertz CT molecular complexity index is 799. The smallest absolute Gasteiger partial charge is 0.208 e. The molecule has 3 aliphatic rings. The molecule has 3 saturated heterocycles. The lowest BCUT2D eigenvalue weighted by molar-refractivity contribution is 0.250. The van der Waals surface area contributed by atoms with E-state index in [1.807, 2.05) is 11.3 Å². The van der Waals surface area contributed by atoms with Gasteiger partial charge < -0.3 is 9.80 Å². The highest BCUT2D eigenvalue weighted by Crippen LogP contribution is 2.38. The SMILES string of the molecule is c1ccc2sc(-c3nnc(N4CCN5CCC4CC5)s3)cc2c1. The van der Waals surface area contributed by atoms with Gasteiger partial charge in [-0.15, -0.1) is 21.5 Å². The number of nitrogens with zero attached hydrogens (tertiary/aromatic N) is 4. The third-order valence-corrected chi connectivity index (χ3v) is 7.20. The van der Waals surface area contributed by atoms with Crippen molar-refractivity contribution in [2.45, 2.75) is 18.9 Å². The van der Waals surface area contributed by atoms with Gasteiger partial charge in [0, 0.05) is 36.9 Å². The zero-order chi connectivity index (χ0) is 15.2. The third kappa shape index (κ3) is 2.45. The number of hydrogen-bond acceptors (Lipinski definition) is 6. The van der Waals surface area contributed by atoms with Crippen LogP contribution in [0.5, 0.6) is 0 Å². The van der Waals surface area contributed by atoms with Crippen molar-refractivity contribution in [1.82, 2.24) is 15.1 Å². The molecule has 0 saturated carbocycles. The Morgan fingerprint density at radius 2 is 1.83 bits per heavy atom. The topological polar surface area (TPSA) is 32.3 Å². The molecule has 0 radical (unpaired) electrons. The van der Waals surface area contributed by atoms with Gasteiger partial charge in [0.25, 0.3) is 0 Å². The maximum absolute atomic E-state index is 4.53. The minimum Gasteiger partial charge on any atom is -0.342 e. The van der Waals surface area contributed by atoms with Crippen LogP contribution in [0.2, 0.25) is 0 Å². The molecular weight excluding hydrogens is 324 g/mol. The van der Waals surface area contributed by atoms with Gasteiger partial charge in [0.1, 0.15) is 0 Å². The van der Waals surface area contributed by atoms with Crippen molar-refractivity contribution in [2.24, 2.45) is 0 Å². The minimum atomic E-state index is 0.650. The molecule has 0 spiro atoms. The van der Waals surface area contributed by atoms with Gasteiger partial charge >= 0.3 is 0 Å². The van der Waals surface area contributed by atoms with E-state index in [0.29, 0.717) is 6.04 Å². The van der Waals surface area contributed by atoms with Crippen molar-refractivity contribution in [3.05, 3.63) is 30.3 Å². The predicted molar refractivity (Wildman–Crippen MR) is 97.5 cm³/mol. The van der Waals surface area contributed by atoms with Crippen LogP contribution in [0, 0.1) is 0 Å². The first-order valence-corrected chi connectivity index (χ1v) is 9.81. The number of piperidine rings is 1. The third-order valence-electron chi connectivity index (χ3n) is 4.95. The molecule has 3 aromatic rings. The van der Waals surface area contributed by atoms with Crippen molar-refractivity contribution < 1.29 is 0 Å². The van der Waals surface area contributed by atoms with Crippen LogP contribution in [-0.4, -0.2) is 47.3 Å². The summed E-state index contributed by atoms with van der Waals surface area (Å²) in [5, 5.41) is 12.5. The summed E-state index contributed by atoms with van der Waals surface area (Å²) in [6.07, 6.45) is 2.52. The van der Waals surface area contributed by atoms with E-state index >= 15 is 0 Å². The molecule has 5 heterocycles. The van der Waals surface area contributed by atoms with E-state index in [0.717, 1.165) is 23.2 Å². The van der Waals surface area contributed by atoms with Crippen molar-refractivity contribution in [3.8, 4) is 9.88 Å². The van der Waals surface area contributed by atoms with Gasteiger partial charge in [-0.3, -0.25) is 0 Å². The number of rotatable bonds is 2. The molecule has 118 valence electrons. The lowest BCUT2D eigenvalue weighted by Crippen LogP contribution is -2.37. The summed E-state index contributed by atoms with van der Waals surface area (Å²) in [6.45, 7) is 4.73. The van der Waals surface area contributed by atoms with Crippen LogP contribution >= 0.6 is 22.7 Å². The van der Waals surface area contributed by atoms with Gasteiger partial charge in [-0.25, -0.2) is 0 Å². The van der Waals surface area contributed by atoms with E-state index in [-0.39, 0.29) is 0 Å². The number of benzene rings is 1. The van der Waals surface area contributed by atoms with Crippen molar-refractivity contribution in [1.29, 1.82) is 0 Å². The van der Waals surface area contributed by atoms with Gasteiger partial charge in [-0.1, -0.05) is 29.5 Å². The predicted octanol–water partition coefficient (Wildman–Crippen LogP) is 3.70. The summed E-state index contributed by atoms with van der Waals surface area (Å²) < 4.78 is 1.32. The molecule has 4 nitrogen and oxygen atoms in total. The summed E-state index contributed by atoms with van der Waals surface area (Å²) in [7, 11) is 0. The van der Waals surface area contributed by atoms with Crippen LogP contribution in [-0.2, 0) is 0 Å². The highest BCUT2D eigenvalue weighted by molar-refractivity contribution is 7.26. The summed E-state index contributed by atoms with van der Waals surface area (Å²) in [5.41, 5.74) is 0. The fourth-order valence-corrected chi connectivity index (χ4v) is 5.70. The minimum absolute atomic E-state index is 0.650. The van der Waals surface area contributed by atoms with E-state index in [4.69, 9.17) is 0 Å². The molecule has 3 aliphatic heterocycles. The summed E-state index contributed by atoms with van der Waals surface area (Å²) in [4.78, 5) is 6.31. The van der Waals surface area contributed by atoms with Gasteiger partial charge in [0.15, 0.2) is 5.01 Å². The number of aromatic nitrogens is 2. The first kappa shape index (κ1) is 13.9. The Labute approximate surface area is 143 Å². The van der Waals surface area contributed by atoms with Crippen molar-refractivity contribution in [2.75, 3.05) is 31.1 Å². The molecule has 1 aromatic carbocycles. The van der Waals surface area contributed by atoms with Crippen LogP contribution in [0.15, 0.2) is 30.3 Å². The standard InChI is InChI=1S/C17H18N4S2/c1-2-4-14-12(3-1)11-15(22-14)16-18-19-17(23-16)21-10-9-20-7-5-13(21)6-8-20/h1-4,11,13H,5-10H2. The Kier molecular flexibility index (Phi) is 3.35. The highest BCUT2D eigenvalue weighted by Gasteiger charge is 2.31. The second-order valence-corrected chi connectivity index (χ2v) is 8.34. The first-order valence-electron chi connectivity index (χ1n) is 8.18. The van der Waals surface area contributed by atoms with E-state index in [9.17, 15) is 0 Å². The van der Waals surface area contributed by atoms with Crippen LogP contribution in [0.25, 0.3) is 20.0 Å². The number of hydrogen-bond donors (Lipinski definition) is 0. The van der Waals surface area contributed by atoms with E-state index in [2.05, 4.69) is 50.3 Å². The monoisotopic (exact) mass is 342 g/mol. The number of thiophene rings is 1. The Morgan fingerprint density at radius 3 is 2.70 bits per heavy atom. The summed E-state index contributed by atoms with van der Waals surface area (Å²) in [5.74, 6) is 0. The van der Waals surface area contributed by atoms with Crippen LogP contribution in [0.1, 0.15) is 12.8 Å². The average Bonchev–Trinajstić information content (AvgIpc) is 3.14. The molecule has 0 N–H and O–H groups in total. The average molecular weight is 342 g/mol. The van der Waals surface area contributed by atoms with Crippen LogP contribution < -0.4 is 4.90 Å². The normalized spacial score (nSPS) is 24.3. The molecule has 0 amide bonds. The molecule has 2 aromatic heterocycles.